The van der Waals surface area contributed by atoms with Gasteiger partial charge in [-0.25, -0.2) is 0 Å². The number of pyridine rings is 3. The summed E-state index contributed by atoms with van der Waals surface area (Å²) in [5, 5.41) is 35.1. The van der Waals surface area contributed by atoms with Gasteiger partial charge in [-0.05, 0) is 76.4 Å². The molecule has 10 heteroatoms. The van der Waals surface area contributed by atoms with Crippen molar-refractivity contribution in [3.05, 3.63) is 123 Å². The largest absolute Gasteiger partial charge is 3.00 e. The molecular formula is C36H30AlN3O6. The van der Waals surface area contributed by atoms with E-state index >= 15 is 0 Å². The molecule has 3 aromatic carbocycles. The fraction of sp³-hybridized carbons (Fsp3) is 0.167. The molecule has 0 aliphatic carbocycles. The number of carbonyl (C=O) groups is 3. The van der Waals surface area contributed by atoms with E-state index in [1.54, 1.807) is 18.2 Å². The Kier molecular flexibility index (Phi) is 11.3. The molecule has 0 saturated heterocycles. The number of hydrogen-bond donors (Lipinski definition) is 0. The summed E-state index contributed by atoms with van der Waals surface area (Å²) in [4.78, 5) is 45.4. The minimum absolute atomic E-state index is 0. The number of aryl methyl sites for hydroxylation is 6. The molecule has 0 fully saturated rings. The predicted octanol–water partition coefficient (Wildman–Crippen LogP) is 3.26. The molecule has 3 aromatic heterocycles. The third-order valence-corrected chi connectivity index (χ3v) is 7.53. The van der Waals surface area contributed by atoms with Crippen molar-refractivity contribution in [2.24, 2.45) is 0 Å². The SMILES string of the molecule is Cc1cc2cccc(C(=O)[O-])c2nc1C.Cc1cc2cccc(C(=O)[O-])c2nc1C.Cc1cc2cccc(C(=O)[O-])c2nc1C.[Al+3]. The van der Waals surface area contributed by atoms with E-state index in [-0.39, 0.29) is 34.1 Å². The first-order valence-electron chi connectivity index (χ1n) is 14.0. The maximum Gasteiger partial charge on any atom is 3.00 e. The predicted molar refractivity (Wildman–Crippen MR) is 172 cm³/mol. The zero-order chi connectivity index (χ0) is 33.0. The van der Waals surface area contributed by atoms with Gasteiger partial charge in [0.1, 0.15) is 0 Å². The van der Waals surface area contributed by atoms with Crippen molar-refractivity contribution >= 4 is 68.0 Å². The van der Waals surface area contributed by atoms with Crippen LogP contribution >= 0.6 is 0 Å². The van der Waals surface area contributed by atoms with Gasteiger partial charge in [0.2, 0.25) is 0 Å². The molecule has 0 saturated carbocycles. The number of aromatic carboxylic acids is 3. The Morgan fingerprint density at radius 1 is 0.457 bits per heavy atom. The van der Waals surface area contributed by atoms with Crippen LogP contribution in [0, 0.1) is 41.5 Å². The summed E-state index contributed by atoms with van der Waals surface area (Å²) in [7, 11) is 0. The molecule has 0 aliphatic rings. The summed E-state index contributed by atoms with van der Waals surface area (Å²) < 4.78 is 0. The van der Waals surface area contributed by atoms with Crippen molar-refractivity contribution in [2.75, 3.05) is 0 Å². The molecule has 0 N–H and O–H groups in total. The average Bonchev–Trinajstić information content (AvgIpc) is 2.98. The summed E-state index contributed by atoms with van der Waals surface area (Å²) in [6.07, 6.45) is 0. The Labute approximate surface area is 276 Å². The Hall–Kier alpha value is -5.17. The van der Waals surface area contributed by atoms with Gasteiger partial charge >= 0.3 is 17.4 Å². The van der Waals surface area contributed by atoms with Crippen LogP contribution in [0.3, 0.4) is 0 Å². The number of fused-ring (bicyclic) bond motifs is 3. The topological polar surface area (TPSA) is 159 Å². The van der Waals surface area contributed by atoms with Gasteiger partial charge in [0, 0.05) is 49.9 Å². The number of hydrogen-bond acceptors (Lipinski definition) is 9. The first kappa shape index (κ1) is 35.3. The van der Waals surface area contributed by atoms with Crippen LogP contribution in [0.4, 0.5) is 0 Å². The quantitative estimate of drug-likeness (QED) is 0.268. The van der Waals surface area contributed by atoms with Gasteiger partial charge in [-0.3, -0.25) is 15.0 Å². The van der Waals surface area contributed by atoms with Gasteiger partial charge in [0.05, 0.1) is 34.5 Å². The Morgan fingerprint density at radius 2 is 0.696 bits per heavy atom. The van der Waals surface area contributed by atoms with Crippen LogP contribution in [0.1, 0.15) is 64.8 Å². The smallest absolute Gasteiger partial charge is 0.545 e. The number of benzene rings is 3. The van der Waals surface area contributed by atoms with Crippen LogP contribution in [0.15, 0.2) is 72.8 Å². The molecule has 0 amide bonds. The number of para-hydroxylation sites is 3. The molecule has 6 rings (SSSR count). The van der Waals surface area contributed by atoms with Crippen molar-refractivity contribution in [1.29, 1.82) is 0 Å². The maximum atomic E-state index is 10.9. The van der Waals surface area contributed by atoms with Crippen molar-refractivity contribution in [1.82, 2.24) is 15.0 Å². The Bertz CT molecular complexity index is 1890. The standard InChI is InChI=1S/3C12H11NO2.Al/c3*1-7-6-9-4-3-5-10(12(14)15)11(9)13-8(7)2;/h3*3-6H,1-2H3,(H,14,15);/q;;;+3/p-3. The number of nitrogens with zero attached hydrogens (tertiary/aromatic N) is 3. The Morgan fingerprint density at radius 3 is 0.913 bits per heavy atom. The second-order valence-corrected chi connectivity index (χ2v) is 10.7. The van der Waals surface area contributed by atoms with Crippen LogP contribution in [0.2, 0.25) is 0 Å². The molecule has 228 valence electrons. The summed E-state index contributed by atoms with van der Waals surface area (Å²) in [6.45, 7) is 11.4. The molecule has 3 heterocycles. The molecule has 0 unspecified atom stereocenters. The molecule has 0 spiro atoms. The van der Waals surface area contributed by atoms with Gasteiger partial charge in [0.25, 0.3) is 0 Å². The fourth-order valence-corrected chi connectivity index (χ4v) is 4.68. The molecule has 9 nitrogen and oxygen atoms in total. The Balaban J connectivity index is 0.000000186. The second-order valence-electron chi connectivity index (χ2n) is 10.7. The number of aromatic nitrogens is 3. The van der Waals surface area contributed by atoms with Gasteiger partial charge in [-0.1, -0.05) is 54.6 Å². The molecule has 6 aromatic rings. The van der Waals surface area contributed by atoms with E-state index < -0.39 is 17.9 Å². The summed E-state index contributed by atoms with van der Waals surface area (Å²) >= 11 is 0. The summed E-state index contributed by atoms with van der Waals surface area (Å²) in [6, 6.07) is 21.0. The van der Waals surface area contributed by atoms with Crippen LogP contribution in [0.25, 0.3) is 32.7 Å². The van der Waals surface area contributed by atoms with E-state index in [1.807, 2.05) is 77.9 Å². The van der Waals surface area contributed by atoms with Crippen molar-refractivity contribution in [3.8, 4) is 0 Å². The van der Waals surface area contributed by atoms with Crippen molar-refractivity contribution < 1.29 is 29.7 Å². The zero-order valence-corrected chi connectivity index (χ0v) is 27.5. The summed E-state index contributed by atoms with van der Waals surface area (Å²) in [5.74, 6) is -3.55. The van der Waals surface area contributed by atoms with Gasteiger partial charge in [-0.2, -0.15) is 0 Å². The van der Waals surface area contributed by atoms with E-state index in [9.17, 15) is 29.7 Å². The minimum atomic E-state index is -1.18. The van der Waals surface area contributed by atoms with E-state index in [1.165, 1.54) is 18.2 Å². The van der Waals surface area contributed by atoms with E-state index in [0.717, 1.165) is 49.9 Å². The van der Waals surface area contributed by atoms with Gasteiger partial charge in [0.15, 0.2) is 0 Å². The van der Waals surface area contributed by atoms with Crippen LogP contribution in [0.5, 0.6) is 0 Å². The number of rotatable bonds is 3. The minimum Gasteiger partial charge on any atom is -0.545 e. The van der Waals surface area contributed by atoms with Gasteiger partial charge in [-0.15, -0.1) is 0 Å². The fourth-order valence-electron chi connectivity index (χ4n) is 4.68. The molecule has 46 heavy (non-hydrogen) atoms. The maximum absolute atomic E-state index is 10.9. The zero-order valence-electron chi connectivity index (χ0n) is 26.3. The van der Waals surface area contributed by atoms with E-state index in [0.29, 0.717) is 16.6 Å². The average molecular weight is 628 g/mol. The van der Waals surface area contributed by atoms with E-state index in [4.69, 9.17) is 0 Å². The van der Waals surface area contributed by atoms with Crippen LogP contribution in [-0.4, -0.2) is 50.2 Å². The third-order valence-electron chi connectivity index (χ3n) is 7.53. The molecule has 0 aliphatic heterocycles. The second kappa shape index (κ2) is 14.7. The normalized spacial score (nSPS) is 10.3. The first-order valence-corrected chi connectivity index (χ1v) is 14.0. The number of carboxylic acid groups (broad SMARTS) is 3. The van der Waals surface area contributed by atoms with E-state index in [2.05, 4.69) is 15.0 Å². The molecule has 0 radical (unpaired) electrons. The van der Waals surface area contributed by atoms with Gasteiger partial charge < -0.3 is 29.7 Å². The monoisotopic (exact) mass is 627 g/mol. The third kappa shape index (κ3) is 7.72. The van der Waals surface area contributed by atoms with Crippen molar-refractivity contribution in [3.63, 3.8) is 0 Å². The first-order chi connectivity index (χ1) is 21.3. The molecular weight excluding hydrogens is 597 g/mol. The van der Waals surface area contributed by atoms with Crippen LogP contribution in [-0.2, 0) is 0 Å². The summed E-state index contributed by atoms with van der Waals surface area (Å²) in [5.41, 5.74) is 7.64. The number of carbonyl (C=O) groups excluding carboxylic acids is 3. The molecule has 0 atom stereocenters. The van der Waals surface area contributed by atoms with Crippen molar-refractivity contribution in [2.45, 2.75) is 41.5 Å². The van der Waals surface area contributed by atoms with Crippen LogP contribution < -0.4 is 15.3 Å². The number of carboxylic acids is 3. The molecule has 0 bridgehead atoms.